The van der Waals surface area contributed by atoms with Crippen LogP contribution in [0, 0.1) is 0 Å². The van der Waals surface area contributed by atoms with E-state index in [0.717, 1.165) is 11.2 Å². The van der Waals surface area contributed by atoms with Gasteiger partial charge >= 0.3 is 5.97 Å². The Morgan fingerprint density at radius 2 is 2.54 bits per heavy atom. The van der Waals surface area contributed by atoms with E-state index >= 15 is 0 Å². The predicted octanol–water partition coefficient (Wildman–Crippen LogP) is 1.83. The van der Waals surface area contributed by atoms with Gasteiger partial charge in [-0.1, -0.05) is 0 Å². The van der Waals surface area contributed by atoms with Crippen LogP contribution in [0.4, 0.5) is 0 Å². The molecule has 1 rings (SSSR count). The van der Waals surface area contributed by atoms with Gasteiger partial charge in [-0.05, 0) is 11.4 Å². The summed E-state index contributed by atoms with van der Waals surface area (Å²) in [5.74, 6) is -0.0401. The van der Waals surface area contributed by atoms with Gasteiger partial charge < -0.3 is 4.74 Å². The average Bonchev–Trinajstić information content (AvgIpc) is 2.61. The lowest BCUT2D eigenvalue weighted by Gasteiger charge is -1.97. The standard InChI is InChI=1S/C8H8O3S2/c1-11-8(10)5-13-6-2-3-12-7(6)4-9/h2-4H,5H2,1H3. The smallest absolute Gasteiger partial charge is 0.315 e. The number of esters is 1. The highest BCUT2D eigenvalue weighted by molar-refractivity contribution is 8.00. The van der Waals surface area contributed by atoms with E-state index in [-0.39, 0.29) is 11.7 Å². The Hall–Kier alpha value is -0.810. The first-order valence-corrected chi connectivity index (χ1v) is 5.36. The van der Waals surface area contributed by atoms with Crippen molar-refractivity contribution in [2.45, 2.75) is 4.90 Å². The number of thioether (sulfide) groups is 1. The first kappa shape index (κ1) is 10.3. The molecule has 0 amide bonds. The Morgan fingerprint density at radius 3 is 3.15 bits per heavy atom. The van der Waals surface area contributed by atoms with Crippen molar-refractivity contribution < 1.29 is 14.3 Å². The first-order valence-electron chi connectivity index (χ1n) is 3.50. The minimum Gasteiger partial charge on any atom is -0.468 e. The Morgan fingerprint density at radius 1 is 1.77 bits per heavy atom. The minimum absolute atomic E-state index is 0.244. The number of methoxy groups -OCH3 is 1. The van der Waals surface area contributed by atoms with E-state index in [1.165, 1.54) is 30.2 Å². The van der Waals surface area contributed by atoms with E-state index in [0.29, 0.717) is 4.88 Å². The zero-order valence-electron chi connectivity index (χ0n) is 6.98. The summed E-state index contributed by atoms with van der Waals surface area (Å²) in [4.78, 5) is 22.8. The fraction of sp³-hybridized carbons (Fsp3) is 0.250. The van der Waals surface area contributed by atoms with Crippen molar-refractivity contribution in [3.05, 3.63) is 16.3 Å². The van der Waals surface area contributed by atoms with Crippen molar-refractivity contribution in [3.63, 3.8) is 0 Å². The molecule has 3 nitrogen and oxygen atoms in total. The molecule has 0 N–H and O–H groups in total. The molecule has 13 heavy (non-hydrogen) atoms. The molecule has 70 valence electrons. The highest BCUT2D eigenvalue weighted by atomic mass is 32.2. The maximum atomic E-state index is 10.8. The van der Waals surface area contributed by atoms with E-state index in [4.69, 9.17) is 0 Å². The van der Waals surface area contributed by atoms with Gasteiger partial charge in [-0.15, -0.1) is 23.1 Å². The van der Waals surface area contributed by atoms with Crippen molar-refractivity contribution in [1.82, 2.24) is 0 Å². The van der Waals surface area contributed by atoms with Crippen molar-refractivity contribution in [3.8, 4) is 0 Å². The van der Waals surface area contributed by atoms with Gasteiger partial charge in [0.05, 0.1) is 17.7 Å². The van der Waals surface area contributed by atoms with Gasteiger partial charge in [0, 0.05) is 4.90 Å². The second kappa shape index (κ2) is 5.04. The Kier molecular flexibility index (Phi) is 3.98. The van der Waals surface area contributed by atoms with Crippen LogP contribution < -0.4 is 0 Å². The highest BCUT2D eigenvalue weighted by Crippen LogP contribution is 2.25. The fourth-order valence-electron chi connectivity index (χ4n) is 0.710. The van der Waals surface area contributed by atoms with Crippen LogP contribution in [0.15, 0.2) is 16.3 Å². The molecule has 1 aromatic rings. The molecule has 0 atom stereocenters. The molecule has 0 aliphatic rings. The summed E-state index contributed by atoms with van der Waals surface area (Å²) in [7, 11) is 1.34. The van der Waals surface area contributed by atoms with Crippen LogP contribution in [0.5, 0.6) is 0 Å². The number of carbonyl (C=O) groups is 2. The fourth-order valence-corrected chi connectivity index (χ4v) is 2.45. The SMILES string of the molecule is COC(=O)CSc1ccsc1C=O. The normalized spacial score (nSPS) is 9.62. The van der Waals surface area contributed by atoms with Gasteiger partial charge in [-0.25, -0.2) is 0 Å². The van der Waals surface area contributed by atoms with Gasteiger partial charge in [0.15, 0.2) is 6.29 Å². The molecule has 0 unspecified atom stereocenters. The molecule has 0 aliphatic carbocycles. The lowest BCUT2D eigenvalue weighted by molar-refractivity contribution is -0.137. The number of thiophene rings is 1. The van der Waals surface area contributed by atoms with Crippen molar-refractivity contribution >= 4 is 35.4 Å². The van der Waals surface area contributed by atoms with E-state index in [9.17, 15) is 9.59 Å². The zero-order valence-corrected chi connectivity index (χ0v) is 8.61. The number of hydrogen-bond acceptors (Lipinski definition) is 5. The third kappa shape index (κ3) is 2.86. The molecule has 0 saturated heterocycles. The molecule has 0 aliphatic heterocycles. The molecule has 1 heterocycles. The van der Waals surface area contributed by atoms with Gasteiger partial charge in [-0.3, -0.25) is 9.59 Å². The number of aldehydes is 1. The van der Waals surface area contributed by atoms with E-state index in [2.05, 4.69) is 4.74 Å². The summed E-state index contributed by atoms with van der Waals surface area (Å²) in [5.41, 5.74) is 0. The molecular weight excluding hydrogens is 208 g/mol. The second-order valence-electron chi connectivity index (χ2n) is 2.13. The van der Waals surface area contributed by atoms with Gasteiger partial charge in [-0.2, -0.15) is 0 Å². The average molecular weight is 216 g/mol. The van der Waals surface area contributed by atoms with Crippen LogP contribution in [0.2, 0.25) is 0 Å². The summed E-state index contributed by atoms with van der Waals surface area (Å²) in [6.07, 6.45) is 0.796. The molecule has 5 heteroatoms. The zero-order chi connectivity index (χ0) is 9.68. The molecule has 1 aromatic heterocycles. The Bertz CT molecular complexity index is 306. The van der Waals surface area contributed by atoms with Crippen molar-refractivity contribution in [2.75, 3.05) is 12.9 Å². The topological polar surface area (TPSA) is 43.4 Å². The van der Waals surface area contributed by atoms with E-state index in [1.807, 2.05) is 11.4 Å². The third-order valence-corrected chi connectivity index (χ3v) is 3.36. The third-order valence-electron chi connectivity index (χ3n) is 1.34. The highest BCUT2D eigenvalue weighted by Gasteiger charge is 2.06. The molecule has 0 radical (unpaired) electrons. The molecule has 0 spiro atoms. The quantitative estimate of drug-likeness (QED) is 0.437. The van der Waals surface area contributed by atoms with Gasteiger partial charge in [0.1, 0.15) is 0 Å². The number of hydrogen-bond donors (Lipinski definition) is 0. The Balaban J connectivity index is 2.53. The largest absolute Gasteiger partial charge is 0.468 e. The van der Waals surface area contributed by atoms with Crippen LogP contribution in [0.25, 0.3) is 0 Å². The molecule has 0 fully saturated rings. The number of carbonyl (C=O) groups excluding carboxylic acids is 2. The summed E-state index contributed by atoms with van der Waals surface area (Å²) in [5, 5.41) is 1.82. The second-order valence-corrected chi connectivity index (χ2v) is 4.10. The van der Waals surface area contributed by atoms with Crippen LogP contribution in [-0.4, -0.2) is 25.1 Å². The lowest BCUT2D eigenvalue weighted by atomic mass is 10.5. The summed E-state index contributed by atoms with van der Waals surface area (Å²) >= 11 is 2.68. The molecule has 0 saturated carbocycles. The molecule has 0 bridgehead atoms. The number of ether oxygens (including phenoxy) is 1. The monoisotopic (exact) mass is 216 g/mol. The molecular formula is C8H8O3S2. The maximum absolute atomic E-state index is 10.8. The maximum Gasteiger partial charge on any atom is 0.315 e. The number of rotatable bonds is 4. The van der Waals surface area contributed by atoms with E-state index < -0.39 is 0 Å². The van der Waals surface area contributed by atoms with Crippen LogP contribution in [-0.2, 0) is 9.53 Å². The van der Waals surface area contributed by atoms with Gasteiger partial charge in [0.25, 0.3) is 0 Å². The van der Waals surface area contributed by atoms with Gasteiger partial charge in [0.2, 0.25) is 0 Å². The van der Waals surface area contributed by atoms with Crippen LogP contribution in [0.3, 0.4) is 0 Å². The summed E-state index contributed by atoms with van der Waals surface area (Å²) < 4.78 is 4.48. The summed E-state index contributed by atoms with van der Waals surface area (Å²) in [6.45, 7) is 0. The lowest BCUT2D eigenvalue weighted by Crippen LogP contribution is -2.02. The van der Waals surface area contributed by atoms with Crippen LogP contribution in [0.1, 0.15) is 9.67 Å². The van der Waals surface area contributed by atoms with Crippen molar-refractivity contribution in [1.29, 1.82) is 0 Å². The van der Waals surface area contributed by atoms with Crippen molar-refractivity contribution in [2.24, 2.45) is 0 Å². The first-order chi connectivity index (χ1) is 6.27. The van der Waals surface area contributed by atoms with E-state index in [1.54, 1.807) is 0 Å². The minimum atomic E-state index is -0.284. The summed E-state index contributed by atoms with van der Waals surface area (Å²) in [6, 6.07) is 1.82. The molecule has 0 aromatic carbocycles. The van der Waals surface area contributed by atoms with Crippen LogP contribution >= 0.6 is 23.1 Å². The Labute approximate surface area is 84.1 Å². The predicted molar refractivity (Wildman–Crippen MR) is 52.4 cm³/mol.